The Kier molecular flexibility index (Phi) is 4.45. The first kappa shape index (κ1) is 19.3. The highest BCUT2D eigenvalue weighted by atomic mass is 19.4. The van der Waals surface area contributed by atoms with Gasteiger partial charge in [-0.05, 0) is 74.5 Å². The van der Waals surface area contributed by atoms with Crippen molar-refractivity contribution in [2.45, 2.75) is 83.6 Å². The monoisotopic (exact) mass is 386 g/mol. The molecule has 6 heteroatoms. The molecule has 0 aromatic carbocycles. The molecular weight excluding hydrogens is 357 g/mol. The zero-order chi connectivity index (χ0) is 19.6. The smallest absolute Gasteiger partial charge is 0.455 e. The average Bonchev–Trinajstić information content (AvgIpc) is 2.91. The second-order valence-electron chi connectivity index (χ2n) is 9.64. The van der Waals surface area contributed by atoms with Crippen LogP contribution in [-0.2, 0) is 9.53 Å². The summed E-state index contributed by atoms with van der Waals surface area (Å²) in [5.41, 5.74) is 1.13. The minimum Gasteiger partial charge on any atom is -0.455 e. The first-order valence-corrected chi connectivity index (χ1v) is 10.2. The molecule has 1 N–H and O–H groups in total. The maximum Gasteiger partial charge on any atom is 0.490 e. The molecule has 0 amide bonds. The number of hydrogen-bond donors (Lipinski definition) is 1. The molecule has 4 rings (SSSR count). The summed E-state index contributed by atoms with van der Waals surface area (Å²) in [6, 6.07) is 0. The Morgan fingerprint density at radius 2 is 1.85 bits per heavy atom. The molecule has 27 heavy (non-hydrogen) atoms. The Bertz CT molecular complexity index is 658. The summed E-state index contributed by atoms with van der Waals surface area (Å²) in [7, 11) is 0. The van der Waals surface area contributed by atoms with Crippen LogP contribution >= 0.6 is 0 Å². The zero-order valence-corrected chi connectivity index (χ0v) is 16.0. The van der Waals surface area contributed by atoms with Crippen LogP contribution < -0.4 is 0 Å². The number of fused-ring (bicyclic) bond motifs is 5. The number of ether oxygens (including phenoxy) is 1. The van der Waals surface area contributed by atoms with Crippen LogP contribution in [0.3, 0.4) is 0 Å². The van der Waals surface area contributed by atoms with E-state index >= 15 is 0 Å². The lowest BCUT2D eigenvalue weighted by molar-refractivity contribution is -0.211. The number of hydrogen-bond acceptors (Lipinski definition) is 3. The molecule has 0 aromatic heterocycles. The van der Waals surface area contributed by atoms with Crippen molar-refractivity contribution in [2.75, 3.05) is 0 Å². The third-order valence-electron chi connectivity index (χ3n) is 8.48. The van der Waals surface area contributed by atoms with Gasteiger partial charge in [0.15, 0.2) is 0 Å². The van der Waals surface area contributed by atoms with Gasteiger partial charge in [0.05, 0.1) is 6.10 Å². The number of rotatable bonds is 1. The fourth-order valence-electron chi connectivity index (χ4n) is 7.05. The van der Waals surface area contributed by atoms with E-state index in [4.69, 9.17) is 4.74 Å². The maximum atomic E-state index is 12.7. The molecule has 4 aliphatic rings. The van der Waals surface area contributed by atoms with E-state index in [1.807, 2.05) is 6.92 Å². The molecule has 4 aliphatic carbocycles. The van der Waals surface area contributed by atoms with Crippen molar-refractivity contribution in [2.24, 2.45) is 28.6 Å². The lowest BCUT2D eigenvalue weighted by atomic mass is 9.47. The number of carbonyl (C=O) groups is 1. The topological polar surface area (TPSA) is 46.5 Å². The number of halogens is 3. The normalized spacial score (nSPS) is 46.7. The van der Waals surface area contributed by atoms with Gasteiger partial charge in [-0.15, -0.1) is 0 Å². The Balaban J connectivity index is 1.56. The molecule has 0 bridgehead atoms. The molecule has 152 valence electrons. The van der Waals surface area contributed by atoms with E-state index in [-0.39, 0.29) is 16.9 Å². The fraction of sp³-hybridized carbons (Fsp3) is 0.857. The van der Waals surface area contributed by atoms with Gasteiger partial charge >= 0.3 is 12.1 Å². The molecule has 0 radical (unpaired) electrons. The average molecular weight is 386 g/mol. The lowest BCUT2D eigenvalue weighted by Crippen LogP contribution is -2.52. The summed E-state index contributed by atoms with van der Waals surface area (Å²) in [5, 5.41) is 10.0. The van der Waals surface area contributed by atoms with Crippen LogP contribution in [0.4, 0.5) is 13.2 Å². The molecule has 3 nitrogen and oxygen atoms in total. The van der Waals surface area contributed by atoms with Crippen LogP contribution in [-0.4, -0.2) is 29.5 Å². The van der Waals surface area contributed by atoms with Crippen molar-refractivity contribution >= 4 is 5.97 Å². The largest absolute Gasteiger partial charge is 0.490 e. The van der Waals surface area contributed by atoms with Gasteiger partial charge in [-0.3, -0.25) is 0 Å². The third kappa shape index (κ3) is 2.93. The van der Waals surface area contributed by atoms with Crippen molar-refractivity contribution in [3.8, 4) is 0 Å². The fourth-order valence-corrected chi connectivity index (χ4v) is 7.05. The molecular formula is C21H29F3O3. The summed E-state index contributed by atoms with van der Waals surface area (Å²) < 4.78 is 43.0. The number of aliphatic hydroxyl groups is 1. The van der Waals surface area contributed by atoms with Crippen molar-refractivity contribution in [3.63, 3.8) is 0 Å². The Labute approximate surface area is 158 Å². The standard InChI is InChI=1S/C21H29F3O3/c1-19-9-7-13(25)11-12(19)3-4-14-15-5-6-17(27-18(26)21(22,23)24)20(15,2)10-8-16(14)19/h11,13-17,25H,3-10H2,1-2H3/t13?,14?,15?,16?,17-,19-,20-/m0/s1. The summed E-state index contributed by atoms with van der Waals surface area (Å²) >= 11 is 0. The molecule has 0 spiro atoms. The number of aliphatic hydroxyl groups excluding tert-OH is 1. The zero-order valence-electron chi connectivity index (χ0n) is 16.0. The summed E-state index contributed by atoms with van der Waals surface area (Å²) in [4.78, 5) is 11.4. The van der Waals surface area contributed by atoms with E-state index in [0.29, 0.717) is 24.2 Å². The summed E-state index contributed by atoms with van der Waals surface area (Å²) in [6.45, 7) is 4.35. The van der Waals surface area contributed by atoms with Crippen molar-refractivity contribution in [1.29, 1.82) is 0 Å². The predicted octanol–water partition coefficient (Wildman–Crippen LogP) is 4.78. The van der Waals surface area contributed by atoms with Crippen LogP contribution in [0.1, 0.15) is 65.2 Å². The minimum absolute atomic E-state index is 0.101. The van der Waals surface area contributed by atoms with Crippen LogP contribution in [0.2, 0.25) is 0 Å². The van der Waals surface area contributed by atoms with E-state index in [9.17, 15) is 23.1 Å². The van der Waals surface area contributed by atoms with Gasteiger partial charge < -0.3 is 9.84 Å². The molecule has 0 aromatic rings. The summed E-state index contributed by atoms with van der Waals surface area (Å²) in [6.07, 6.45) is 3.06. The predicted molar refractivity (Wildman–Crippen MR) is 93.6 cm³/mol. The number of esters is 1. The van der Waals surface area contributed by atoms with Crippen molar-refractivity contribution in [1.82, 2.24) is 0 Å². The van der Waals surface area contributed by atoms with Crippen LogP contribution in [0.15, 0.2) is 11.6 Å². The van der Waals surface area contributed by atoms with E-state index in [1.54, 1.807) is 0 Å². The van der Waals surface area contributed by atoms with Gasteiger partial charge in [-0.25, -0.2) is 4.79 Å². The molecule has 0 saturated heterocycles. The third-order valence-corrected chi connectivity index (χ3v) is 8.48. The quantitative estimate of drug-likeness (QED) is 0.521. The SMILES string of the molecule is C[C@]12CCC(O)C=C1CCC1C2CC[C@@]2(C)C1CC[C@@H]2OC(=O)C(F)(F)F. The van der Waals surface area contributed by atoms with Crippen LogP contribution in [0.5, 0.6) is 0 Å². The molecule has 3 saturated carbocycles. The van der Waals surface area contributed by atoms with Gasteiger partial charge in [0.2, 0.25) is 0 Å². The van der Waals surface area contributed by atoms with E-state index in [1.165, 1.54) is 5.57 Å². The highest BCUT2D eigenvalue weighted by Crippen LogP contribution is 2.65. The van der Waals surface area contributed by atoms with Crippen LogP contribution in [0, 0.1) is 28.6 Å². The maximum absolute atomic E-state index is 12.7. The highest BCUT2D eigenvalue weighted by molar-refractivity contribution is 5.75. The molecule has 7 atom stereocenters. The Hall–Kier alpha value is -1.04. The van der Waals surface area contributed by atoms with Crippen molar-refractivity contribution in [3.05, 3.63) is 11.6 Å². The highest BCUT2D eigenvalue weighted by Gasteiger charge is 2.60. The van der Waals surface area contributed by atoms with E-state index in [2.05, 4.69) is 13.0 Å². The Morgan fingerprint density at radius 3 is 2.56 bits per heavy atom. The number of alkyl halides is 3. The van der Waals surface area contributed by atoms with Gasteiger partial charge in [-0.2, -0.15) is 13.2 Å². The molecule has 4 unspecified atom stereocenters. The second-order valence-corrected chi connectivity index (χ2v) is 9.64. The van der Waals surface area contributed by atoms with E-state index in [0.717, 1.165) is 44.9 Å². The molecule has 0 aliphatic heterocycles. The molecule has 3 fully saturated rings. The minimum atomic E-state index is -4.92. The number of allylic oxidation sites excluding steroid dienone is 1. The molecule has 0 heterocycles. The van der Waals surface area contributed by atoms with Gasteiger partial charge in [-0.1, -0.05) is 25.5 Å². The lowest BCUT2D eigenvalue weighted by Gasteiger charge is -2.58. The van der Waals surface area contributed by atoms with Gasteiger partial charge in [0.1, 0.15) is 6.10 Å². The Morgan fingerprint density at radius 1 is 1.11 bits per heavy atom. The van der Waals surface area contributed by atoms with Crippen molar-refractivity contribution < 1.29 is 27.8 Å². The number of carbonyl (C=O) groups excluding carboxylic acids is 1. The summed E-state index contributed by atoms with van der Waals surface area (Å²) in [5.74, 6) is -0.748. The second kappa shape index (κ2) is 6.23. The first-order chi connectivity index (χ1) is 12.6. The van der Waals surface area contributed by atoms with E-state index < -0.39 is 18.2 Å². The van der Waals surface area contributed by atoms with Gasteiger partial charge in [0.25, 0.3) is 0 Å². The first-order valence-electron chi connectivity index (χ1n) is 10.2. The van der Waals surface area contributed by atoms with Gasteiger partial charge in [0, 0.05) is 5.41 Å². The van der Waals surface area contributed by atoms with Crippen LogP contribution in [0.25, 0.3) is 0 Å².